The van der Waals surface area contributed by atoms with Gasteiger partial charge in [-0.05, 0) is 36.4 Å². The van der Waals surface area contributed by atoms with Crippen LogP contribution in [0.4, 0.5) is 0 Å². The summed E-state index contributed by atoms with van der Waals surface area (Å²) in [7, 11) is 0. The number of benzene rings is 1. The smallest absolute Gasteiger partial charge is 0.324 e. The molecule has 0 aliphatic heterocycles. The van der Waals surface area contributed by atoms with Crippen molar-refractivity contribution in [3.63, 3.8) is 0 Å². The van der Waals surface area contributed by atoms with Crippen molar-refractivity contribution in [1.29, 1.82) is 0 Å². The van der Waals surface area contributed by atoms with Gasteiger partial charge in [0.15, 0.2) is 0 Å². The van der Waals surface area contributed by atoms with Gasteiger partial charge in [0.05, 0.1) is 0 Å². The lowest BCUT2D eigenvalue weighted by Gasteiger charge is -2.36. The van der Waals surface area contributed by atoms with E-state index in [4.69, 9.17) is 0 Å². The molecule has 1 aromatic rings. The number of carboxylic acids is 1. The summed E-state index contributed by atoms with van der Waals surface area (Å²) in [4.78, 5) is 11.6. The molecule has 0 saturated carbocycles. The second-order valence-electron chi connectivity index (χ2n) is 5.61. The van der Waals surface area contributed by atoms with Crippen LogP contribution in [0.1, 0.15) is 31.4 Å². The Balaban J connectivity index is 2.21. The minimum absolute atomic E-state index is 0.457. The van der Waals surface area contributed by atoms with Gasteiger partial charge in [0, 0.05) is 6.42 Å². The van der Waals surface area contributed by atoms with Gasteiger partial charge in [-0.25, -0.2) is 0 Å². The Morgan fingerprint density at radius 1 is 1.39 bits per heavy atom. The molecule has 1 unspecified atom stereocenters. The van der Waals surface area contributed by atoms with Crippen LogP contribution in [0.15, 0.2) is 24.3 Å². The third-order valence-electron chi connectivity index (χ3n) is 3.69. The molecule has 0 saturated heterocycles. The number of aryl methyl sites for hydroxylation is 1. The van der Waals surface area contributed by atoms with Crippen molar-refractivity contribution < 1.29 is 9.90 Å². The number of hydrogen-bond donors (Lipinski definition) is 2. The molecule has 1 aliphatic rings. The lowest BCUT2D eigenvalue weighted by molar-refractivity contribution is -0.145. The summed E-state index contributed by atoms with van der Waals surface area (Å²) in [5.74, 6) is -0.268. The quantitative estimate of drug-likeness (QED) is 0.858. The summed E-state index contributed by atoms with van der Waals surface area (Å²) in [6, 6.07) is 8.15. The number of carbonyl (C=O) groups is 1. The van der Waals surface area contributed by atoms with Gasteiger partial charge in [-0.2, -0.15) is 0 Å². The monoisotopic (exact) mass is 247 g/mol. The molecular weight excluding hydrogens is 226 g/mol. The fourth-order valence-electron chi connectivity index (χ4n) is 2.54. The Bertz CT molecular complexity index is 442. The summed E-state index contributed by atoms with van der Waals surface area (Å²) in [5, 5.41) is 12.8. The molecule has 0 spiro atoms. The van der Waals surface area contributed by atoms with E-state index in [2.05, 4.69) is 25.2 Å². The molecule has 3 nitrogen and oxygen atoms in total. The number of fused-ring (bicyclic) bond motifs is 1. The highest BCUT2D eigenvalue weighted by molar-refractivity contribution is 5.80. The van der Waals surface area contributed by atoms with Gasteiger partial charge in [0.25, 0.3) is 0 Å². The minimum atomic E-state index is -0.779. The van der Waals surface area contributed by atoms with Crippen molar-refractivity contribution in [3.05, 3.63) is 35.4 Å². The molecule has 0 radical (unpaired) electrons. The van der Waals surface area contributed by atoms with Crippen molar-refractivity contribution in [2.24, 2.45) is 5.92 Å². The van der Waals surface area contributed by atoms with E-state index >= 15 is 0 Å². The van der Waals surface area contributed by atoms with E-state index in [9.17, 15) is 9.90 Å². The van der Waals surface area contributed by atoms with Crippen molar-refractivity contribution in [3.8, 4) is 0 Å². The van der Waals surface area contributed by atoms with Crippen LogP contribution in [-0.4, -0.2) is 23.2 Å². The molecule has 0 heterocycles. The number of nitrogens with one attached hydrogen (secondary N) is 1. The van der Waals surface area contributed by atoms with E-state index in [0.717, 1.165) is 13.0 Å². The highest BCUT2D eigenvalue weighted by Gasteiger charge is 2.40. The van der Waals surface area contributed by atoms with Gasteiger partial charge in [-0.15, -0.1) is 0 Å². The van der Waals surface area contributed by atoms with E-state index < -0.39 is 11.5 Å². The summed E-state index contributed by atoms with van der Waals surface area (Å²) in [6.07, 6.45) is 2.10. The van der Waals surface area contributed by atoms with Crippen molar-refractivity contribution in [2.45, 2.75) is 38.6 Å². The maximum Gasteiger partial charge on any atom is 0.324 e. The lowest BCUT2D eigenvalue weighted by Crippen LogP contribution is -2.56. The molecule has 2 N–H and O–H groups in total. The first-order chi connectivity index (χ1) is 8.53. The third kappa shape index (κ3) is 2.56. The Morgan fingerprint density at radius 3 is 2.67 bits per heavy atom. The normalized spacial score (nSPS) is 22.8. The van der Waals surface area contributed by atoms with Gasteiger partial charge in [-0.3, -0.25) is 4.79 Å². The molecule has 18 heavy (non-hydrogen) atoms. The lowest BCUT2D eigenvalue weighted by atomic mass is 9.77. The molecule has 0 aromatic heterocycles. The van der Waals surface area contributed by atoms with E-state index in [1.54, 1.807) is 0 Å². The van der Waals surface area contributed by atoms with Crippen LogP contribution in [0, 0.1) is 5.92 Å². The van der Waals surface area contributed by atoms with Crippen LogP contribution < -0.4 is 5.32 Å². The third-order valence-corrected chi connectivity index (χ3v) is 3.69. The summed E-state index contributed by atoms with van der Waals surface area (Å²) in [5.41, 5.74) is 1.68. The van der Waals surface area contributed by atoms with Crippen LogP contribution in [0.25, 0.3) is 0 Å². The zero-order chi connectivity index (χ0) is 13.2. The Morgan fingerprint density at radius 2 is 2.06 bits per heavy atom. The zero-order valence-corrected chi connectivity index (χ0v) is 11.1. The van der Waals surface area contributed by atoms with Gasteiger partial charge in [0.1, 0.15) is 5.54 Å². The molecule has 0 fully saturated rings. The molecule has 0 amide bonds. The Labute approximate surface area is 108 Å². The number of hydrogen-bond acceptors (Lipinski definition) is 2. The summed E-state index contributed by atoms with van der Waals surface area (Å²) < 4.78 is 0. The highest BCUT2D eigenvalue weighted by Crippen LogP contribution is 2.29. The van der Waals surface area contributed by atoms with E-state index in [1.807, 2.05) is 18.2 Å². The average molecular weight is 247 g/mol. The molecule has 0 bridgehead atoms. The van der Waals surface area contributed by atoms with Crippen molar-refractivity contribution in [1.82, 2.24) is 5.32 Å². The van der Waals surface area contributed by atoms with E-state index in [1.165, 1.54) is 11.1 Å². The number of carboxylic acid groups (broad SMARTS) is 1. The number of aliphatic carboxylic acids is 1. The first kappa shape index (κ1) is 13.1. The van der Waals surface area contributed by atoms with Crippen molar-refractivity contribution >= 4 is 5.97 Å². The SMILES string of the molecule is CC(C)CNC1(C(=O)O)CCc2ccccc2C1. The van der Waals surface area contributed by atoms with Gasteiger partial charge in [0.2, 0.25) is 0 Å². The van der Waals surface area contributed by atoms with Crippen molar-refractivity contribution in [2.75, 3.05) is 6.54 Å². The van der Waals surface area contributed by atoms with Gasteiger partial charge in [-0.1, -0.05) is 38.1 Å². The Hall–Kier alpha value is -1.35. The molecule has 1 aliphatic carbocycles. The minimum Gasteiger partial charge on any atom is -0.480 e. The molecule has 2 rings (SSSR count). The largest absolute Gasteiger partial charge is 0.480 e. The van der Waals surface area contributed by atoms with Crippen LogP contribution in [0.5, 0.6) is 0 Å². The van der Waals surface area contributed by atoms with E-state index in [-0.39, 0.29) is 0 Å². The summed E-state index contributed by atoms with van der Waals surface area (Å²) in [6.45, 7) is 4.94. The summed E-state index contributed by atoms with van der Waals surface area (Å²) >= 11 is 0. The first-order valence-electron chi connectivity index (χ1n) is 6.59. The molecule has 98 valence electrons. The molecule has 1 atom stereocenters. The topological polar surface area (TPSA) is 49.3 Å². The predicted molar refractivity (Wildman–Crippen MR) is 71.7 cm³/mol. The standard InChI is InChI=1S/C15H21NO2/c1-11(2)10-16-15(14(17)18)8-7-12-5-3-4-6-13(12)9-15/h3-6,11,16H,7-10H2,1-2H3,(H,17,18). The van der Waals surface area contributed by atoms with Crippen LogP contribution >= 0.6 is 0 Å². The molecular formula is C15H21NO2. The second-order valence-corrected chi connectivity index (χ2v) is 5.61. The number of rotatable bonds is 4. The van der Waals surface area contributed by atoms with Gasteiger partial charge < -0.3 is 10.4 Å². The van der Waals surface area contributed by atoms with E-state index in [0.29, 0.717) is 18.8 Å². The average Bonchev–Trinajstić information content (AvgIpc) is 2.36. The second kappa shape index (κ2) is 5.11. The zero-order valence-electron chi connectivity index (χ0n) is 11.1. The van der Waals surface area contributed by atoms with Crippen LogP contribution in [0.2, 0.25) is 0 Å². The first-order valence-corrected chi connectivity index (χ1v) is 6.59. The molecule has 1 aromatic carbocycles. The predicted octanol–water partition coefficient (Wildman–Crippen LogP) is 2.24. The molecule has 3 heteroatoms. The van der Waals surface area contributed by atoms with Crippen LogP contribution in [0.3, 0.4) is 0 Å². The highest BCUT2D eigenvalue weighted by atomic mass is 16.4. The van der Waals surface area contributed by atoms with Gasteiger partial charge >= 0.3 is 5.97 Å². The van der Waals surface area contributed by atoms with Crippen LogP contribution in [-0.2, 0) is 17.6 Å². The fourth-order valence-corrected chi connectivity index (χ4v) is 2.54. The fraction of sp³-hybridized carbons (Fsp3) is 0.533. The maximum atomic E-state index is 11.6. The maximum absolute atomic E-state index is 11.6. The Kier molecular flexibility index (Phi) is 3.71.